The van der Waals surface area contributed by atoms with Crippen LogP contribution in [0, 0.1) is 19.8 Å². The maximum atomic E-state index is 12.9. The highest BCUT2D eigenvalue weighted by Crippen LogP contribution is 2.24. The first-order chi connectivity index (χ1) is 13.9. The van der Waals surface area contributed by atoms with E-state index in [1.165, 1.54) is 11.8 Å². The Labute approximate surface area is 175 Å². The van der Waals surface area contributed by atoms with Gasteiger partial charge in [-0.15, -0.1) is 0 Å². The number of thioether (sulfide) groups is 1. The largest absolute Gasteiger partial charge is 0.490 e. The van der Waals surface area contributed by atoms with Crippen molar-refractivity contribution in [2.24, 2.45) is 5.92 Å². The van der Waals surface area contributed by atoms with Crippen LogP contribution in [0.3, 0.4) is 0 Å². The average Bonchev–Trinajstić information content (AvgIpc) is 2.68. The van der Waals surface area contributed by atoms with E-state index >= 15 is 0 Å². The molecule has 1 N–H and O–H groups in total. The van der Waals surface area contributed by atoms with Crippen LogP contribution in [0.5, 0.6) is 5.75 Å². The summed E-state index contributed by atoms with van der Waals surface area (Å²) in [6.07, 6.45) is -0.671. The second-order valence-corrected chi connectivity index (χ2v) is 8.71. The smallest absolute Gasteiger partial charge is 0.262 e. The quantitative estimate of drug-likeness (QED) is 0.444. The molecule has 2 aromatic carbocycles. The standard InChI is InChI=1S/C23H28N2O3S/c1-15(2)12-25-22(27)19-10-5-6-11-20(19)24-23(25)29-14-18(26)13-28-21-16(3)8-7-9-17(21)4/h5-11,15,18,26H,12-14H2,1-4H3/t18-/m0/s1. The van der Waals surface area contributed by atoms with Crippen LogP contribution in [0.1, 0.15) is 25.0 Å². The van der Waals surface area contributed by atoms with E-state index < -0.39 is 6.10 Å². The fraction of sp³-hybridized carbons (Fsp3) is 0.391. The molecule has 0 aliphatic heterocycles. The molecule has 3 rings (SSSR count). The van der Waals surface area contributed by atoms with E-state index in [0.717, 1.165) is 16.9 Å². The highest BCUT2D eigenvalue weighted by Gasteiger charge is 2.15. The van der Waals surface area contributed by atoms with Crippen molar-refractivity contribution >= 4 is 22.7 Å². The molecule has 0 saturated carbocycles. The van der Waals surface area contributed by atoms with Crippen molar-refractivity contribution in [3.63, 3.8) is 0 Å². The van der Waals surface area contributed by atoms with E-state index in [4.69, 9.17) is 4.74 Å². The van der Waals surface area contributed by atoms with E-state index in [9.17, 15) is 9.90 Å². The second kappa shape index (κ2) is 9.46. The van der Waals surface area contributed by atoms with Crippen LogP contribution in [0.25, 0.3) is 10.9 Å². The zero-order valence-electron chi connectivity index (χ0n) is 17.4. The third-order valence-electron chi connectivity index (χ3n) is 4.61. The van der Waals surface area contributed by atoms with Crippen LogP contribution in [0.15, 0.2) is 52.4 Å². The summed E-state index contributed by atoms with van der Waals surface area (Å²) in [7, 11) is 0. The van der Waals surface area contributed by atoms with Gasteiger partial charge in [0.1, 0.15) is 12.4 Å². The fourth-order valence-electron chi connectivity index (χ4n) is 3.21. The summed E-state index contributed by atoms with van der Waals surface area (Å²) in [4.78, 5) is 17.6. The van der Waals surface area contributed by atoms with Gasteiger partial charge in [-0.25, -0.2) is 4.98 Å². The van der Waals surface area contributed by atoms with Crippen LogP contribution in [0.4, 0.5) is 0 Å². The van der Waals surface area contributed by atoms with Crippen LogP contribution < -0.4 is 10.3 Å². The van der Waals surface area contributed by atoms with Gasteiger partial charge < -0.3 is 9.84 Å². The first kappa shape index (κ1) is 21.4. The number of aliphatic hydroxyl groups excluding tert-OH is 1. The monoisotopic (exact) mass is 412 g/mol. The minimum Gasteiger partial charge on any atom is -0.490 e. The van der Waals surface area contributed by atoms with Gasteiger partial charge in [0, 0.05) is 12.3 Å². The van der Waals surface area contributed by atoms with Gasteiger partial charge in [0.2, 0.25) is 0 Å². The summed E-state index contributed by atoms with van der Waals surface area (Å²) < 4.78 is 7.57. The molecule has 6 heteroatoms. The Kier molecular flexibility index (Phi) is 6.98. The maximum Gasteiger partial charge on any atom is 0.262 e. The van der Waals surface area contributed by atoms with E-state index in [-0.39, 0.29) is 12.2 Å². The Morgan fingerprint density at radius 2 is 1.79 bits per heavy atom. The molecule has 0 saturated heterocycles. The van der Waals surface area contributed by atoms with Gasteiger partial charge in [0.15, 0.2) is 5.16 Å². The molecular formula is C23H28N2O3S. The predicted octanol–water partition coefficient (Wildman–Crippen LogP) is 4.20. The molecule has 1 heterocycles. The molecule has 0 bridgehead atoms. The number of ether oxygens (including phenoxy) is 1. The van der Waals surface area contributed by atoms with Crippen molar-refractivity contribution in [3.8, 4) is 5.75 Å². The molecule has 0 fully saturated rings. The predicted molar refractivity (Wildman–Crippen MR) is 119 cm³/mol. The number of aryl methyl sites for hydroxylation is 2. The molecule has 3 aromatic rings. The number of hydrogen-bond acceptors (Lipinski definition) is 5. The fourth-order valence-corrected chi connectivity index (χ4v) is 4.12. The molecule has 0 amide bonds. The van der Waals surface area contributed by atoms with Gasteiger partial charge in [0.05, 0.1) is 17.0 Å². The van der Waals surface area contributed by atoms with Gasteiger partial charge in [-0.2, -0.15) is 0 Å². The molecule has 1 aromatic heterocycles. The summed E-state index contributed by atoms with van der Waals surface area (Å²) in [5, 5.41) is 11.7. The van der Waals surface area contributed by atoms with Crippen LogP contribution in [-0.4, -0.2) is 33.1 Å². The van der Waals surface area contributed by atoms with Crippen LogP contribution in [-0.2, 0) is 6.54 Å². The second-order valence-electron chi connectivity index (χ2n) is 7.72. The Balaban J connectivity index is 1.74. The number of fused-ring (bicyclic) bond motifs is 1. The summed E-state index contributed by atoms with van der Waals surface area (Å²) >= 11 is 1.39. The van der Waals surface area contributed by atoms with E-state index in [2.05, 4.69) is 18.8 Å². The molecule has 0 aliphatic carbocycles. The molecule has 5 nitrogen and oxygen atoms in total. The van der Waals surface area contributed by atoms with Gasteiger partial charge >= 0.3 is 0 Å². The van der Waals surface area contributed by atoms with Crippen molar-refractivity contribution in [2.45, 2.75) is 45.5 Å². The van der Waals surface area contributed by atoms with Crippen molar-refractivity contribution < 1.29 is 9.84 Å². The molecule has 0 unspecified atom stereocenters. The highest BCUT2D eigenvalue weighted by atomic mass is 32.2. The number of nitrogens with zero attached hydrogens (tertiary/aromatic N) is 2. The summed E-state index contributed by atoms with van der Waals surface area (Å²) in [5.74, 6) is 1.53. The Bertz CT molecular complexity index is 1030. The molecular weight excluding hydrogens is 384 g/mol. The first-order valence-electron chi connectivity index (χ1n) is 9.86. The third-order valence-corrected chi connectivity index (χ3v) is 5.73. The molecule has 0 aliphatic rings. The van der Waals surface area contributed by atoms with Gasteiger partial charge in [-0.1, -0.05) is 55.9 Å². The molecule has 0 radical (unpaired) electrons. The van der Waals surface area contributed by atoms with Crippen molar-refractivity contribution in [2.75, 3.05) is 12.4 Å². The zero-order valence-corrected chi connectivity index (χ0v) is 18.2. The first-order valence-corrected chi connectivity index (χ1v) is 10.8. The molecule has 154 valence electrons. The summed E-state index contributed by atoms with van der Waals surface area (Å²) in [6, 6.07) is 13.4. The van der Waals surface area contributed by atoms with Gasteiger partial charge in [0.25, 0.3) is 5.56 Å². The zero-order chi connectivity index (χ0) is 21.0. The van der Waals surface area contributed by atoms with Gasteiger partial charge in [-0.05, 0) is 43.0 Å². The highest BCUT2D eigenvalue weighted by molar-refractivity contribution is 7.99. The lowest BCUT2D eigenvalue weighted by Gasteiger charge is -2.17. The van der Waals surface area contributed by atoms with Gasteiger partial charge in [-0.3, -0.25) is 9.36 Å². The van der Waals surface area contributed by atoms with Crippen molar-refractivity contribution in [1.82, 2.24) is 9.55 Å². The van der Waals surface area contributed by atoms with E-state index in [1.807, 2.05) is 56.3 Å². The van der Waals surface area contributed by atoms with Crippen LogP contribution in [0.2, 0.25) is 0 Å². The number of aromatic nitrogens is 2. The van der Waals surface area contributed by atoms with E-state index in [0.29, 0.717) is 34.3 Å². The number of hydrogen-bond donors (Lipinski definition) is 1. The van der Waals surface area contributed by atoms with E-state index in [1.54, 1.807) is 4.57 Å². The summed E-state index contributed by atoms with van der Waals surface area (Å²) in [6.45, 7) is 8.92. The lowest BCUT2D eigenvalue weighted by atomic mass is 10.1. The number of para-hydroxylation sites is 2. The molecule has 29 heavy (non-hydrogen) atoms. The van der Waals surface area contributed by atoms with Crippen molar-refractivity contribution in [1.29, 1.82) is 0 Å². The molecule has 1 atom stereocenters. The minimum atomic E-state index is -0.671. The number of benzene rings is 2. The topological polar surface area (TPSA) is 64.3 Å². The maximum absolute atomic E-state index is 12.9. The lowest BCUT2D eigenvalue weighted by molar-refractivity contribution is 0.125. The Morgan fingerprint density at radius 3 is 2.48 bits per heavy atom. The SMILES string of the molecule is Cc1cccc(C)c1OC[C@H](O)CSc1nc2ccccc2c(=O)n1CC(C)C. The van der Waals surface area contributed by atoms with Crippen molar-refractivity contribution in [3.05, 3.63) is 63.9 Å². The minimum absolute atomic E-state index is 0.0342. The number of aliphatic hydroxyl groups is 1. The normalized spacial score (nSPS) is 12.5. The Hall–Kier alpha value is -2.31. The Morgan fingerprint density at radius 1 is 1.10 bits per heavy atom. The lowest BCUT2D eigenvalue weighted by Crippen LogP contribution is -2.27. The molecule has 0 spiro atoms. The third kappa shape index (κ3) is 5.19. The number of rotatable bonds is 8. The average molecular weight is 413 g/mol. The van der Waals surface area contributed by atoms with Crippen LogP contribution >= 0.6 is 11.8 Å². The summed E-state index contributed by atoms with van der Waals surface area (Å²) in [5.41, 5.74) is 2.74.